The topological polar surface area (TPSA) is 56.7 Å². The van der Waals surface area contributed by atoms with Crippen LogP contribution >= 0.6 is 11.3 Å². The molecule has 0 saturated carbocycles. The summed E-state index contributed by atoms with van der Waals surface area (Å²) in [7, 11) is 0. The zero-order valence-corrected chi connectivity index (χ0v) is 11.9. The second-order valence-corrected chi connectivity index (χ2v) is 5.31. The minimum absolute atomic E-state index is 0.488. The average Bonchev–Trinajstić information content (AvgIpc) is 3.00. The first-order valence-electron chi connectivity index (χ1n) is 6.34. The standard InChI is InChI=1S/C14H16N4S/c1-3-18-9(2)16-12-6-10(4-5-13(12)18)14-17-11(7-15)8-19-14/h4-6,8H,3,7,15H2,1-2H3. The summed E-state index contributed by atoms with van der Waals surface area (Å²) in [5, 5.41) is 3.01. The Balaban J connectivity index is 2.11. The van der Waals surface area contributed by atoms with Crippen LogP contribution in [-0.2, 0) is 13.1 Å². The van der Waals surface area contributed by atoms with Crippen molar-refractivity contribution in [2.24, 2.45) is 5.73 Å². The summed E-state index contributed by atoms with van der Waals surface area (Å²) in [6.45, 7) is 5.61. The molecule has 0 atom stereocenters. The zero-order valence-electron chi connectivity index (χ0n) is 11.1. The van der Waals surface area contributed by atoms with E-state index in [0.29, 0.717) is 6.54 Å². The lowest BCUT2D eigenvalue weighted by atomic mass is 10.2. The molecule has 0 radical (unpaired) electrons. The summed E-state index contributed by atoms with van der Waals surface area (Å²) >= 11 is 1.63. The Morgan fingerprint density at radius 3 is 2.84 bits per heavy atom. The monoisotopic (exact) mass is 272 g/mol. The largest absolute Gasteiger partial charge is 0.329 e. The van der Waals surface area contributed by atoms with Crippen molar-refractivity contribution >= 4 is 22.4 Å². The third-order valence-corrected chi connectivity index (χ3v) is 4.20. The van der Waals surface area contributed by atoms with Gasteiger partial charge in [0.1, 0.15) is 10.8 Å². The van der Waals surface area contributed by atoms with Crippen LogP contribution in [0.15, 0.2) is 23.6 Å². The van der Waals surface area contributed by atoms with Gasteiger partial charge in [-0.2, -0.15) is 0 Å². The molecule has 1 aromatic carbocycles. The molecule has 2 N–H and O–H groups in total. The molecule has 0 unspecified atom stereocenters. The first-order chi connectivity index (χ1) is 9.22. The molecule has 19 heavy (non-hydrogen) atoms. The van der Waals surface area contributed by atoms with E-state index >= 15 is 0 Å². The Bertz CT molecular complexity index is 726. The molecule has 4 nitrogen and oxygen atoms in total. The maximum Gasteiger partial charge on any atom is 0.123 e. The lowest BCUT2D eigenvalue weighted by Gasteiger charge is -2.02. The van der Waals surface area contributed by atoms with Gasteiger partial charge in [-0.3, -0.25) is 0 Å². The summed E-state index contributed by atoms with van der Waals surface area (Å²) in [4.78, 5) is 9.13. The van der Waals surface area contributed by atoms with Crippen molar-refractivity contribution in [3.8, 4) is 10.6 Å². The van der Waals surface area contributed by atoms with E-state index in [4.69, 9.17) is 5.73 Å². The lowest BCUT2D eigenvalue weighted by Crippen LogP contribution is -1.96. The first kappa shape index (κ1) is 12.3. The molecule has 2 heterocycles. The number of nitrogens with two attached hydrogens (primary N) is 1. The fourth-order valence-corrected chi connectivity index (χ4v) is 3.15. The quantitative estimate of drug-likeness (QED) is 0.797. The number of imidazole rings is 1. The maximum atomic E-state index is 5.60. The number of nitrogens with zero attached hydrogens (tertiary/aromatic N) is 3. The third kappa shape index (κ3) is 2.05. The van der Waals surface area contributed by atoms with Gasteiger partial charge >= 0.3 is 0 Å². The predicted octanol–water partition coefficient (Wildman–Crippen LogP) is 2.95. The van der Waals surface area contributed by atoms with Crippen LogP contribution in [0.5, 0.6) is 0 Å². The smallest absolute Gasteiger partial charge is 0.123 e. The Labute approximate surface area is 115 Å². The van der Waals surface area contributed by atoms with Crippen LogP contribution in [0, 0.1) is 6.92 Å². The lowest BCUT2D eigenvalue weighted by molar-refractivity contribution is 0.753. The summed E-state index contributed by atoms with van der Waals surface area (Å²) in [6.07, 6.45) is 0. The van der Waals surface area contributed by atoms with Crippen molar-refractivity contribution in [1.29, 1.82) is 0 Å². The van der Waals surface area contributed by atoms with E-state index in [-0.39, 0.29) is 0 Å². The van der Waals surface area contributed by atoms with Crippen molar-refractivity contribution in [3.63, 3.8) is 0 Å². The fraction of sp³-hybridized carbons (Fsp3) is 0.286. The second-order valence-electron chi connectivity index (χ2n) is 4.45. The minimum atomic E-state index is 0.488. The molecule has 0 aliphatic rings. The number of hydrogen-bond acceptors (Lipinski definition) is 4. The number of aryl methyl sites for hydroxylation is 2. The highest BCUT2D eigenvalue weighted by atomic mass is 32.1. The first-order valence-corrected chi connectivity index (χ1v) is 7.22. The van der Waals surface area contributed by atoms with Crippen molar-refractivity contribution in [1.82, 2.24) is 14.5 Å². The molecule has 98 valence electrons. The number of hydrogen-bond donors (Lipinski definition) is 1. The Kier molecular flexibility index (Phi) is 3.08. The number of fused-ring (bicyclic) bond motifs is 1. The third-order valence-electron chi connectivity index (χ3n) is 3.26. The summed E-state index contributed by atoms with van der Waals surface area (Å²) in [5.74, 6) is 1.05. The van der Waals surface area contributed by atoms with E-state index in [2.05, 4.69) is 39.7 Å². The van der Waals surface area contributed by atoms with Gasteiger partial charge in [0.2, 0.25) is 0 Å². The van der Waals surface area contributed by atoms with Crippen LogP contribution in [0.25, 0.3) is 21.6 Å². The van der Waals surface area contributed by atoms with E-state index < -0.39 is 0 Å². The van der Waals surface area contributed by atoms with Gasteiger partial charge in [0, 0.05) is 24.0 Å². The SMILES string of the molecule is CCn1c(C)nc2cc(-c3nc(CN)cs3)ccc21. The molecule has 5 heteroatoms. The van der Waals surface area contributed by atoms with Crippen molar-refractivity contribution in [2.45, 2.75) is 26.9 Å². The highest BCUT2D eigenvalue weighted by molar-refractivity contribution is 7.13. The number of benzene rings is 1. The van der Waals surface area contributed by atoms with E-state index in [1.54, 1.807) is 11.3 Å². The number of rotatable bonds is 3. The second kappa shape index (κ2) is 4.75. The van der Waals surface area contributed by atoms with Crippen LogP contribution in [0.2, 0.25) is 0 Å². The van der Waals surface area contributed by atoms with E-state index in [0.717, 1.165) is 34.2 Å². The van der Waals surface area contributed by atoms with Crippen molar-refractivity contribution in [3.05, 3.63) is 35.1 Å². The van der Waals surface area contributed by atoms with Crippen LogP contribution in [-0.4, -0.2) is 14.5 Å². The molecule has 0 spiro atoms. The summed E-state index contributed by atoms with van der Waals surface area (Å²) < 4.78 is 2.21. The normalized spacial score (nSPS) is 11.3. The Morgan fingerprint density at radius 2 is 2.16 bits per heavy atom. The maximum absolute atomic E-state index is 5.60. The number of thiazole rings is 1. The van der Waals surface area contributed by atoms with Gasteiger partial charge in [0.25, 0.3) is 0 Å². The molecule has 0 bridgehead atoms. The molecular formula is C14H16N4S. The van der Waals surface area contributed by atoms with Crippen molar-refractivity contribution < 1.29 is 0 Å². The molecule has 0 saturated heterocycles. The average molecular weight is 272 g/mol. The molecule has 0 aliphatic carbocycles. The molecule has 0 fully saturated rings. The predicted molar refractivity (Wildman–Crippen MR) is 79.1 cm³/mol. The van der Waals surface area contributed by atoms with Gasteiger partial charge < -0.3 is 10.3 Å². The van der Waals surface area contributed by atoms with Gasteiger partial charge in [-0.15, -0.1) is 11.3 Å². The highest BCUT2D eigenvalue weighted by Crippen LogP contribution is 2.27. The Hall–Kier alpha value is -1.72. The molecule has 2 aromatic heterocycles. The molecular weight excluding hydrogens is 256 g/mol. The van der Waals surface area contributed by atoms with Gasteiger partial charge in [-0.25, -0.2) is 9.97 Å². The van der Waals surface area contributed by atoms with E-state index in [1.165, 1.54) is 5.52 Å². The van der Waals surface area contributed by atoms with E-state index in [1.807, 2.05) is 12.3 Å². The summed E-state index contributed by atoms with van der Waals surface area (Å²) in [6, 6.07) is 6.33. The molecule has 0 amide bonds. The summed E-state index contributed by atoms with van der Waals surface area (Å²) in [5.41, 5.74) is 9.86. The Morgan fingerprint density at radius 1 is 1.32 bits per heavy atom. The zero-order chi connectivity index (χ0) is 13.4. The van der Waals surface area contributed by atoms with Gasteiger partial charge in [0.05, 0.1) is 16.7 Å². The van der Waals surface area contributed by atoms with Gasteiger partial charge in [-0.1, -0.05) is 0 Å². The highest BCUT2D eigenvalue weighted by Gasteiger charge is 2.09. The number of aromatic nitrogens is 3. The van der Waals surface area contributed by atoms with Crippen molar-refractivity contribution in [2.75, 3.05) is 0 Å². The van der Waals surface area contributed by atoms with Crippen LogP contribution in [0.3, 0.4) is 0 Å². The van der Waals surface area contributed by atoms with E-state index in [9.17, 15) is 0 Å². The van der Waals surface area contributed by atoms with Crippen LogP contribution in [0.1, 0.15) is 18.4 Å². The van der Waals surface area contributed by atoms with Gasteiger partial charge in [-0.05, 0) is 32.0 Å². The minimum Gasteiger partial charge on any atom is -0.329 e. The fourth-order valence-electron chi connectivity index (χ4n) is 2.32. The molecule has 3 rings (SSSR count). The molecule has 0 aliphatic heterocycles. The van der Waals surface area contributed by atoms with Gasteiger partial charge in [0.15, 0.2) is 0 Å². The van der Waals surface area contributed by atoms with Crippen LogP contribution < -0.4 is 5.73 Å². The van der Waals surface area contributed by atoms with Crippen LogP contribution in [0.4, 0.5) is 0 Å². The molecule has 3 aromatic rings.